The van der Waals surface area contributed by atoms with Crippen molar-refractivity contribution >= 4 is 34.3 Å². The third-order valence-electron chi connectivity index (χ3n) is 7.84. The van der Waals surface area contributed by atoms with Crippen molar-refractivity contribution in [1.29, 1.82) is 0 Å². The van der Waals surface area contributed by atoms with E-state index in [4.69, 9.17) is 0 Å². The van der Waals surface area contributed by atoms with Crippen molar-refractivity contribution in [3.05, 3.63) is 71.1 Å². The van der Waals surface area contributed by atoms with Crippen LogP contribution in [0.5, 0.6) is 0 Å². The number of aromatic nitrogens is 4. The first-order chi connectivity index (χ1) is 21.1. The molecular formula is C31H29F5N6O3. The minimum Gasteiger partial charge on any atom is -0.337 e. The molecule has 1 fully saturated rings. The van der Waals surface area contributed by atoms with Crippen LogP contribution in [0.2, 0.25) is 0 Å². The number of rotatable bonds is 7. The summed E-state index contributed by atoms with van der Waals surface area (Å²) >= 11 is 0. The lowest BCUT2D eigenvalue weighted by Crippen LogP contribution is -2.45. The lowest BCUT2D eigenvalue weighted by molar-refractivity contribution is -0.141. The van der Waals surface area contributed by atoms with E-state index in [-0.39, 0.29) is 11.3 Å². The molecule has 1 N–H and O–H groups in total. The topological polar surface area (TPSA) is 110 Å². The maximum absolute atomic E-state index is 15.3. The molecule has 0 saturated carbocycles. The van der Waals surface area contributed by atoms with Gasteiger partial charge in [-0.1, -0.05) is 6.07 Å². The number of fused-ring (bicyclic) bond motifs is 1. The van der Waals surface area contributed by atoms with Gasteiger partial charge >= 0.3 is 6.18 Å². The number of Topliss-reactive ketones (excluding diaryl/α,β-unsaturated/α-hetero) is 1. The molecule has 1 aliphatic heterocycles. The Morgan fingerprint density at radius 2 is 1.73 bits per heavy atom. The highest BCUT2D eigenvalue weighted by Gasteiger charge is 2.50. The predicted octanol–water partition coefficient (Wildman–Crippen LogP) is 5.56. The standard InChI is InChI=1S/C31H29F5N6O3/c1-16-5-6-25(31(34,35)36)39-28(16)40-29(45)24-9-30(33,14-32)15-42(24)26(44)13-41-12-23(18(3)43)22-8-20(7-17(2)27(22)41)21-10-37-19(4)38-11-21/h5-8,10-12,24H,9,13-15H2,1-4H3,(H,39,40,45)/t24-,30-/m0/s1. The molecule has 0 radical (unpaired) electrons. The molecule has 9 nitrogen and oxygen atoms in total. The van der Waals surface area contributed by atoms with Crippen molar-refractivity contribution in [1.82, 2.24) is 24.4 Å². The molecule has 4 aromatic rings. The lowest BCUT2D eigenvalue weighted by Gasteiger charge is -2.24. The summed E-state index contributed by atoms with van der Waals surface area (Å²) < 4.78 is 70.3. The average molecular weight is 629 g/mol. The van der Waals surface area contributed by atoms with Crippen LogP contribution < -0.4 is 5.32 Å². The minimum atomic E-state index is -4.78. The normalized spacial score (nSPS) is 18.4. The number of carbonyl (C=O) groups is 3. The Hall–Kier alpha value is -4.75. The molecule has 3 aromatic heterocycles. The molecule has 1 aromatic carbocycles. The zero-order chi connectivity index (χ0) is 32.8. The molecule has 2 atom stereocenters. The Bertz CT molecular complexity index is 1820. The number of alkyl halides is 5. The Morgan fingerprint density at radius 3 is 2.36 bits per heavy atom. The van der Waals surface area contributed by atoms with Gasteiger partial charge in [0, 0.05) is 41.5 Å². The number of benzene rings is 1. The highest BCUT2D eigenvalue weighted by molar-refractivity contribution is 6.09. The van der Waals surface area contributed by atoms with Gasteiger partial charge in [-0.15, -0.1) is 0 Å². The quantitative estimate of drug-likeness (QED) is 0.212. The fourth-order valence-corrected chi connectivity index (χ4v) is 5.55. The van der Waals surface area contributed by atoms with Crippen LogP contribution in [0.3, 0.4) is 0 Å². The zero-order valence-electron chi connectivity index (χ0n) is 24.8. The molecule has 0 spiro atoms. The van der Waals surface area contributed by atoms with Gasteiger partial charge < -0.3 is 14.8 Å². The number of halogens is 5. The molecule has 4 heterocycles. The summed E-state index contributed by atoms with van der Waals surface area (Å²) in [6, 6.07) is 3.96. The molecule has 5 rings (SSSR count). The predicted molar refractivity (Wildman–Crippen MR) is 155 cm³/mol. The number of hydrogen-bond donors (Lipinski definition) is 1. The highest BCUT2D eigenvalue weighted by atomic mass is 19.4. The highest BCUT2D eigenvalue weighted by Crippen LogP contribution is 2.35. The van der Waals surface area contributed by atoms with E-state index in [0.717, 1.165) is 22.6 Å². The first-order valence-electron chi connectivity index (χ1n) is 13.9. The molecule has 2 amide bonds. The molecule has 1 aliphatic rings. The van der Waals surface area contributed by atoms with E-state index >= 15 is 4.39 Å². The molecule has 236 valence electrons. The number of likely N-dealkylation sites (tertiary alicyclic amines) is 1. The first-order valence-corrected chi connectivity index (χ1v) is 13.9. The second-order valence-corrected chi connectivity index (χ2v) is 11.3. The summed E-state index contributed by atoms with van der Waals surface area (Å²) in [5, 5.41) is 2.82. The number of nitrogens with one attached hydrogen (secondary N) is 1. The van der Waals surface area contributed by atoms with Crippen molar-refractivity contribution in [2.45, 2.75) is 58.5 Å². The smallest absolute Gasteiger partial charge is 0.337 e. The molecule has 45 heavy (non-hydrogen) atoms. The van der Waals surface area contributed by atoms with E-state index in [1.807, 2.05) is 6.07 Å². The van der Waals surface area contributed by atoms with Crippen LogP contribution in [0, 0.1) is 20.8 Å². The summed E-state index contributed by atoms with van der Waals surface area (Å²) in [6.07, 6.45) is -0.687. The average Bonchev–Trinajstić information content (AvgIpc) is 3.53. The van der Waals surface area contributed by atoms with Crippen molar-refractivity contribution in [3.63, 3.8) is 0 Å². The van der Waals surface area contributed by atoms with Gasteiger partial charge in [-0.3, -0.25) is 14.4 Å². The number of amides is 2. The number of aryl methyl sites for hydroxylation is 3. The van der Waals surface area contributed by atoms with E-state index in [1.165, 1.54) is 24.6 Å². The van der Waals surface area contributed by atoms with E-state index in [0.29, 0.717) is 33.4 Å². The monoisotopic (exact) mass is 628 g/mol. The van der Waals surface area contributed by atoms with Crippen molar-refractivity contribution < 1.29 is 36.3 Å². The molecular weight excluding hydrogens is 599 g/mol. The number of nitrogens with zero attached hydrogens (tertiary/aromatic N) is 5. The largest absolute Gasteiger partial charge is 0.433 e. The first kappa shape index (κ1) is 31.7. The number of hydrogen-bond acceptors (Lipinski definition) is 6. The van der Waals surface area contributed by atoms with Crippen LogP contribution >= 0.6 is 0 Å². The fourth-order valence-electron chi connectivity index (χ4n) is 5.55. The zero-order valence-corrected chi connectivity index (χ0v) is 24.8. The summed E-state index contributed by atoms with van der Waals surface area (Å²) in [4.78, 5) is 52.3. The molecule has 14 heteroatoms. The SMILES string of the molecule is CC(=O)c1cn(CC(=O)N2C[C@@](F)(CF)C[C@H]2C(=O)Nc2nc(C(F)(F)F)ccc2C)c2c(C)cc(-c3cnc(C)nc3)cc12. The Balaban J connectivity index is 1.47. The molecule has 1 saturated heterocycles. The third-order valence-corrected chi connectivity index (χ3v) is 7.84. The van der Waals surface area contributed by atoms with Crippen LogP contribution in [-0.2, 0) is 22.3 Å². The molecule has 0 aliphatic carbocycles. The maximum atomic E-state index is 15.3. The van der Waals surface area contributed by atoms with Gasteiger partial charge in [-0.25, -0.2) is 23.7 Å². The number of anilines is 1. The number of carbonyl (C=O) groups excluding carboxylic acids is 3. The number of pyridine rings is 1. The van der Waals surface area contributed by atoms with E-state index in [1.54, 1.807) is 32.3 Å². The van der Waals surface area contributed by atoms with Gasteiger partial charge in [0.2, 0.25) is 11.8 Å². The van der Waals surface area contributed by atoms with Crippen LogP contribution in [-0.4, -0.2) is 66.9 Å². The molecule has 0 unspecified atom stereocenters. The summed E-state index contributed by atoms with van der Waals surface area (Å²) in [7, 11) is 0. The van der Waals surface area contributed by atoms with Gasteiger partial charge in [0.05, 0.1) is 12.1 Å². The van der Waals surface area contributed by atoms with Gasteiger partial charge in [-0.2, -0.15) is 13.2 Å². The minimum absolute atomic E-state index is 0.201. The Labute approximate surface area is 254 Å². The van der Waals surface area contributed by atoms with E-state index in [2.05, 4.69) is 20.3 Å². The van der Waals surface area contributed by atoms with Gasteiger partial charge in [0.25, 0.3) is 0 Å². The third kappa shape index (κ3) is 6.26. The van der Waals surface area contributed by atoms with Gasteiger partial charge in [-0.05, 0) is 62.6 Å². The van der Waals surface area contributed by atoms with Crippen LogP contribution in [0.25, 0.3) is 22.0 Å². The van der Waals surface area contributed by atoms with Crippen LogP contribution in [0.1, 0.15) is 46.3 Å². The number of ketones is 1. The van der Waals surface area contributed by atoms with Crippen molar-refractivity contribution in [2.24, 2.45) is 0 Å². The maximum Gasteiger partial charge on any atom is 0.433 e. The summed E-state index contributed by atoms with van der Waals surface area (Å²) in [5.41, 5.74) is -0.566. The lowest BCUT2D eigenvalue weighted by atomic mass is 10.0. The van der Waals surface area contributed by atoms with E-state index < -0.39 is 67.4 Å². The second kappa shape index (κ2) is 11.6. The van der Waals surface area contributed by atoms with Gasteiger partial charge in [0.1, 0.15) is 36.6 Å². The summed E-state index contributed by atoms with van der Waals surface area (Å²) in [6.45, 7) is 3.69. The molecule has 0 bridgehead atoms. The fraction of sp³-hybridized carbons (Fsp3) is 0.355. The Kier molecular flexibility index (Phi) is 8.19. The van der Waals surface area contributed by atoms with Crippen molar-refractivity contribution in [3.8, 4) is 11.1 Å². The van der Waals surface area contributed by atoms with Crippen LogP contribution in [0.4, 0.5) is 27.8 Å². The Morgan fingerprint density at radius 1 is 1.04 bits per heavy atom. The van der Waals surface area contributed by atoms with Crippen LogP contribution in [0.15, 0.2) is 42.9 Å². The van der Waals surface area contributed by atoms with E-state index in [9.17, 15) is 31.9 Å². The summed E-state index contributed by atoms with van der Waals surface area (Å²) in [5.74, 6) is -1.85. The van der Waals surface area contributed by atoms with Crippen molar-refractivity contribution in [2.75, 3.05) is 18.5 Å². The van der Waals surface area contributed by atoms with Gasteiger partial charge in [0.15, 0.2) is 11.5 Å². The second-order valence-electron chi connectivity index (χ2n) is 11.3.